The van der Waals surface area contributed by atoms with E-state index in [0.29, 0.717) is 0 Å². The average Bonchev–Trinajstić information content (AvgIpc) is 2.28. The molecule has 0 aromatic heterocycles. The summed E-state index contributed by atoms with van der Waals surface area (Å²) in [6, 6.07) is -0.629. The predicted octanol–water partition coefficient (Wildman–Crippen LogP) is -1.01. The van der Waals surface area contributed by atoms with Gasteiger partial charge in [0.2, 0.25) is 0 Å². The summed E-state index contributed by atoms with van der Waals surface area (Å²) in [7, 11) is 0.950. The molecule has 0 aliphatic carbocycles. The van der Waals surface area contributed by atoms with Crippen molar-refractivity contribution in [3.05, 3.63) is 0 Å². The van der Waals surface area contributed by atoms with Crippen LogP contribution in [-0.4, -0.2) is 47.6 Å². The third-order valence-electron chi connectivity index (χ3n) is 2.18. The third kappa shape index (κ3) is 3.05. The molecule has 1 aliphatic heterocycles. The Labute approximate surface area is 82.9 Å². The first-order valence-corrected chi connectivity index (χ1v) is 5.63. The van der Waals surface area contributed by atoms with Crippen LogP contribution in [0.3, 0.4) is 0 Å². The molecule has 1 saturated heterocycles. The normalized spacial score (nSPS) is 38.9. The quantitative estimate of drug-likeness (QED) is 0.418. The average molecular weight is 222 g/mol. The number of phosphoric ester groups is 1. The van der Waals surface area contributed by atoms with E-state index in [1.807, 2.05) is 0 Å². The molecule has 3 N–H and O–H groups in total. The summed E-state index contributed by atoms with van der Waals surface area (Å²) in [6.07, 6.45) is -1.65. The lowest BCUT2D eigenvalue weighted by molar-refractivity contribution is -0.00501. The Morgan fingerprint density at radius 2 is 2.14 bits per heavy atom. The molecule has 0 amide bonds. The third-order valence-corrected chi connectivity index (χ3v) is 2.66. The molecule has 0 aromatic rings. The number of rotatable bonds is 3. The lowest BCUT2D eigenvalue weighted by Gasteiger charge is -2.15. The smallest absolute Gasteiger partial charge is 0.390 e. The molecule has 80 valence electrons. The first kappa shape index (κ1) is 12.2. The molecule has 0 bridgehead atoms. The Kier molecular flexibility index (Phi) is 3.74. The van der Waals surface area contributed by atoms with Crippen LogP contribution >= 0.6 is 7.82 Å². The van der Waals surface area contributed by atoms with E-state index in [0.717, 1.165) is 0 Å². The topological polar surface area (TPSA) is 96.2 Å². The van der Waals surface area contributed by atoms with E-state index < -0.39 is 26.0 Å². The maximum atomic E-state index is 10.4. The second-order valence-corrected chi connectivity index (χ2v) is 4.51. The summed E-state index contributed by atoms with van der Waals surface area (Å²) in [6.45, 7) is 1.32. The first-order valence-electron chi connectivity index (χ1n) is 4.10. The lowest BCUT2D eigenvalue weighted by Crippen LogP contribution is -2.29. The number of aliphatic hydroxyl groups excluding tert-OH is 1. The van der Waals surface area contributed by atoms with E-state index >= 15 is 0 Å². The van der Waals surface area contributed by atoms with Gasteiger partial charge in [0.15, 0.2) is 0 Å². The van der Waals surface area contributed by atoms with Gasteiger partial charge in [-0.2, -0.15) is 0 Å². The van der Waals surface area contributed by atoms with Gasteiger partial charge in [-0.05, 0) is 0 Å². The van der Waals surface area contributed by atoms with Crippen LogP contribution in [0.25, 0.3) is 0 Å². The number of phosphoric acid groups is 1. The highest BCUT2D eigenvalue weighted by atomic mass is 31.2. The van der Waals surface area contributed by atoms with Gasteiger partial charge in [-0.1, -0.05) is 6.92 Å². The Morgan fingerprint density at radius 3 is 2.50 bits per heavy atom. The molecule has 14 heavy (non-hydrogen) atoms. The van der Waals surface area contributed by atoms with Gasteiger partial charge in [0.05, 0.1) is 12.7 Å². The maximum absolute atomic E-state index is 10.4. The molecule has 8 heteroatoms. The summed E-state index contributed by atoms with van der Waals surface area (Å²) < 4.78 is 19.6. The molecule has 0 saturated carbocycles. The van der Waals surface area contributed by atoms with Crippen molar-refractivity contribution in [3.8, 4) is 0 Å². The first-order chi connectivity index (χ1) is 6.31. The maximum Gasteiger partial charge on any atom is 0.469 e. The summed E-state index contributed by atoms with van der Waals surface area (Å²) in [5.41, 5.74) is 0. The fraction of sp³-hybridized carbons (Fsp3) is 1.00. The van der Waals surface area contributed by atoms with E-state index in [9.17, 15) is 9.67 Å². The number of ether oxygens (including phenoxy) is 1. The van der Waals surface area contributed by atoms with Gasteiger partial charge in [0, 0.05) is 11.9 Å². The second-order valence-electron chi connectivity index (χ2n) is 3.28. The second kappa shape index (κ2) is 4.30. The SMILES string of the molecule is [B][C@@H]1OC(COP(=O)(O)O)[C@@H](O)[C@H]1C. The molecule has 0 aromatic carbocycles. The van der Waals surface area contributed by atoms with Gasteiger partial charge in [0.1, 0.15) is 14.0 Å². The van der Waals surface area contributed by atoms with Crippen molar-refractivity contribution in [1.82, 2.24) is 0 Å². The van der Waals surface area contributed by atoms with Crippen LogP contribution in [-0.2, 0) is 13.8 Å². The van der Waals surface area contributed by atoms with Crippen LogP contribution in [0.1, 0.15) is 6.92 Å². The highest BCUT2D eigenvalue weighted by molar-refractivity contribution is 7.46. The van der Waals surface area contributed by atoms with Gasteiger partial charge in [-0.15, -0.1) is 0 Å². The fourth-order valence-corrected chi connectivity index (χ4v) is 1.59. The zero-order valence-corrected chi connectivity index (χ0v) is 8.50. The molecule has 1 rings (SSSR count). The molecule has 0 spiro atoms. The van der Waals surface area contributed by atoms with Crippen LogP contribution < -0.4 is 0 Å². The van der Waals surface area contributed by atoms with Crippen LogP contribution in [0.4, 0.5) is 0 Å². The monoisotopic (exact) mass is 222 g/mol. The summed E-state index contributed by atoms with van der Waals surface area (Å²) in [4.78, 5) is 16.8. The highest BCUT2D eigenvalue weighted by Crippen LogP contribution is 2.37. The number of hydrogen-bond donors (Lipinski definition) is 3. The van der Waals surface area contributed by atoms with Crippen molar-refractivity contribution in [2.45, 2.75) is 25.1 Å². The van der Waals surface area contributed by atoms with E-state index in [4.69, 9.17) is 22.4 Å². The molecule has 1 fully saturated rings. The van der Waals surface area contributed by atoms with E-state index in [-0.39, 0.29) is 12.5 Å². The molecule has 2 radical (unpaired) electrons. The van der Waals surface area contributed by atoms with E-state index in [1.165, 1.54) is 0 Å². The van der Waals surface area contributed by atoms with Gasteiger partial charge < -0.3 is 19.6 Å². The van der Waals surface area contributed by atoms with Crippen LogP contribution in [0.5, 0.6) is 0 Å². The molecule has 1 heterocycles. The Morgan fingerprint density at radius 1 is 1.57 bits per heavy atom. The van der Waals surface area contributed by atoms with Crippen molar-refractivity contribution in [3.63, 3.8) is 0 Å². The van der Waals surface area contributed by atoms with Crippen molar-refractivity contribution < 1.29 is 28.7 Å². The summed E-state index contributed by atoms with van der Waals surface area (Å²) in [5.74, 6) is -0.277. The zero-order chi connectivity index (χ0) is 10.9. The van der Waals surface area contributed by atoms with Gasteiger partial charge in [-0.3, -0.25) is 4.52 Å². The Balaban J connectivity index is 2.44. The highest BCUT2D eigenvalue weighted by Gasteiger charge is 2.38. The van der Waals surface area contributed by atoms with Gasteiger partial charge in [-0.25, -0.2) is 4.57 Å². The van der Waals surface area contributed by atoms with Crippen molar-refractivity contribution >= 4 is 15.7 Å². The van der Waals surface area contributed by atoms with Crippen molar-refractivity contribution in [1.29, 1.82) is 0 Å². The Hall–Kier alpha value is 0.0949. The number of hydrogen-bond acceptors (Lipinski definition) is 4. The largest absolute Gasteiger partial charge is 0.469 e. The Bertz CT molecular complexity index is 242. The summed E-state index contributed by atoms with van der Waals surface area (Å²) >= 11 is 0. The lowest BCUT2D eigenvalue weighted by atomic mass is 9.86. The predicted molar refractivity (Wildman–Crippen MR) is 47.6 cm³/mol. The zero-order valence-electron chi connectivity index (χ0n) is 7.61. The molecule has 6 nitrogen and oxygen atoms in total. The van der Waals surface area contributed by atoms with Crippen LogP contribution in [0, 0.1) is 5.92 Å². The minimum absolute atomic E-state index is 0.277. The molecule has 1 unspecified atom stereocenters. The van der Waals surface area contributed by atoms with Crippen molar-refractivity contribution in [2.75, 3.05) is 6.61 Å². The van der Waals surface area contributed by atoms with E-state index in [1.54, 1.807) is 6.92 Å². The molecular formula is C6H12BO6P. The minimum atomic E-state index is -4.52. The standard InChI is InChI=1S/C6H12BO6P/c1-3-5(8)4(13-6(3)7)2-12-14(9,10)11/h3-6,8H,2H2,1H3,(H2,9,10,11)/t3-,4?,5+,6-/m1/s1. The molecule has 1 aliphatic rings. The molecular weight excluding hydrogens is 210 g/mol. The van der Waals surface area contributed by atoms with E-state index in [2.05, 4.69) is 4.52 Å². The molecule has 4 atom stereocenters. The van der Waals surface area contributed by atoms with Gasteiger partial charge in [0.25, 0.3) is 0 Å². The minimum Gasteiger partial charge on any atom is -0.390 e. The van der Waals surface area contributed by atoms with Crippen molar-refractivity contribution in [2.24, 2.45) is 5.92 Å². The summed E-state index contributed by atoms with van der Waals surface area (Å²) in [5, 5.41) is 9.49. The van der Waals surface area contributed by atoms with Crippen LogP contribution in [0.15, 0.2) is 0 Å². The van der Waals surface area contributed by atoms with Gasteiger partial charge >= 0.3 is 7.82 Å². The number of aliphatic hydroxyl groups is 1. The fourth-order valence-electron chi connectivity index (χ4n) is 1.25. The van der Waals surface area contributed by atoms with Crippen LogP contribution in [0.2, 0.25) is 0 Å².